The topological polar surface area (TPSA) is 105 Å². The minimum absolute atomic E-state index is 0.111. The molecule has 2 rings (SSSR count). The molecule has 1 aromatic carbocycles. The summed E-state index contributed by atoms with van der Waals surface area (Å²) < 4.78 is 4.83. The van der Waals surface area contributed by atoms with E-state index >= 15 is 0 Å². The normalized spacial score (nSPS) is 12.1. The van der Waals surface area contributed by atoms with Gasteiger partial charge >= 0.3 is 5.76 Å². The molecule has 0 aliphatic heterocycles. The van der Waals surface area contributed by atoms with Crippen LogP contribution in [0, 0.1) is 0 Å². The fourth-order valence-electron chi connectivity index (χ4n) is 1.35. The molecule has 2 aromatic rings. The van der Waals surface area contributed by atoms with Gasteiger partial charge in [0, 0.05) is 6.42 Å². The molecule has 1 heterocycles. The van der Waals surface area contributed by atoms with Gasteiger partial charge < -0.3 is 15.4 Å². The van der Waals surface area contributed by atoms with E-state index in [0.29, 0.717) is 17.5 Å². The fraction of sp³-hybridized carbons (Fsp3) is 0.111. The molecular weight excluding hydrogens is 198 g/mol. The lowest BCUT2D eigenvalue weighted by Crippen LogP contribution is -2.14. The number of aromatic amines is 1. The molecule has 0 saturated carbocycles. The van der Waals surface area contributed by atoms with E-state index in [1.165, 1.54) is 0 Å². The number of aromatic nitrogens is 1. The lowest BCUT2D eigenvalue weighted by molar-refractivity contribution is 0.317. The summed E-state index contributed by atoms with van der Waals surface area (Å²) in [5.41, 5.74) is 7.28. The van der Waals surface area contributed by atoms with E-state index in [-0.39, 0.29) is 5.84 Å². The number of hydrogen-bond acceptors (Lipinski definition) is 4. The third kappa shape index (κ3) is 1.83. The number of nitrogens with one attached hydrogen (secondary N) is 1. The van der Waals surface area contributed by atoms with Gasteiger partial charge in [-0.05, 0) is 17.7 Å². The number of H-pyrrole nitrogens is 1. The molecule has 0 aliphatic carbocycles. The number of fused-ring (bicyclic) bond motifs is 1. The molecule has 0 unspecified atom stereocenters. The van der Waals surface area contributed by atoms with Gasteiger partial charge in [0.25, 0.3) is 0 Å². The average molecular weight is 207 g/mol. The standard InChI is InChI=1S/C9H9N3O3/c10-8(12-14)4-5-1-2-7-6(3-5)11-9(13)15-7/h1-3,14H,4H2,(H2,10,12)(H,11,13). The van der Waals surface area contributed by atoms with Crippen LogP contribution in [0.3, 0.4) is 0 Å². The highest BCUT2D eigenvalue weighted by Crippen LogP contribution is 2.12. The van der Waals surface area contributed by atoms with Crippen LogP contribution in [0.4, 0.5) is 0 Å². The van der Waals surface area contributed by atoms with Crippen molar-refractivity contribution in [3.8, 4) is 0 Å². The first-order valence-electron chi connectivity index (χ1n) is 4.27. The SMILES string of the molecule is NC(Cc1ccc2oc(=O)[nH]c2c1)=NO. The van der Waals surface area contributed by atoms with Gasteiger partial charge in [0.05, 0.1) is 5.52 Å². The Hall–Kier alpha value is -2.24. The second-order valence-corrected chi connectivity index (χ2v) is 3.11. The molecule has 0 amide bonds. The first kappa shape index (κ1) is 9.32. The summed E-state index contributed by atoms with van der Waals surface area (Å²) in [4.78, 5) is 13.4. The maximum Gasteiger partial charge on any atom is 0.417 e. The molecule has 0 aliphatic rings. The summed E-state index contributed by atoms with van der Waals surface area (Å²) in [5.74, 6) is -0.383. The summed E-state index contributed by atoms with van der Waals surface area (Å²) in [6, 6.07) is 5.13. The number of oxazole rings is 1. The van der Waals surface area contributed by atoms with E-state index < -0.39 is 5.76 Å². The van der Waals surface area contributed by atoms with Crippen molar-refractivity contribution in [1.82, 2.24) is 4.98 Å². The lowest BCUT2D eigenvalue weighted by atomic mass is 10.1. The third-order valence-corrected chi connectivity index (χ3v) is 2.00. The molecule has 0 atom stereocenters. The average Bonchev–Trinajstić information content (AvgIpc) is 2.57. The second-order valence-electron chi connectivity index (χ2n) is 3.11. The maximum absolute atomic E-state index is 10.9. The van der Waals surface area contributed by atoms with Gasteiger partial charge in [-0.1, -0.05) is 11.2 Å². The molecule has 4 N–H and O–H groups in total. The maximum atomic E-state index is 10.9. The Kier molecular flexibility index (Phi) is 2.17. The first-order chi connectivity index (χ1) is 7.19. The van der Waals surface area contributed by atoms with Gasteiger partial charge in [-0.2, -0.15) is 0 Å². The zero-order valence-electron chi connectivity index (χ0n) is 7.73. The first-order valence-corrected chi connectivity index (χ1v) is 4.27. The van der Waals surface area contributed by atoms with Crippen molar-refractivity contribution in [3.63, 3.8) is 0 Å². The van der Waals surface area contributed by atoms with Crippen LogP contribution in [0.15, 0.2) is 32.6 Å². The van der Waals surface area contributed by atoms with Gasteiger partial charge in [0.2, 0.25) is 0 Å². The zero-order chi connectivity index (χ0) is 10.8. The molecule has 0 saturated heterocycles. The molecule has 6 nitrogen and oxygen atoms in total. The van der Waals surface area contributed by atoms with Crippen LogP contribution in [0.25, 0.3) is 11.1 Å². The molecule has 0 radical (unpaired) electrons. The number of rotatable bonds is 2. The fourth-order valence-corrected chi connectivity index (χ4v) is 1.35. The highest BCUT2D eigenvalue weighted by atomic mass is 16.4. The van der Waals surface area contributed by atoms with Crippen molar-refractivity contribution < 1.29 is 9.62 Å². The molecule has 1 aromatic heterocycles. The Morgan fingerprint density at radius 3 is 3.13 bits per heavy atom. The van der Waals surface area contributed by atoms with Crippen molar-refractivity contribution in [3.05, 3.63) is 34.3 Å². The van der Waals surface area contributed by atoms with E-state index in [1.54, 1.807) is 18.2 Å². The van der Waals surface area contributed by atoms with Crippen LogP contribution < -0.4 is 11.5 Å². The Morgan fingerprint density at radius 1 is 1.60 bits per heavy atom. The van der Waals surface area contributed by atoms with E-state index in [0.717, 1.165) is 5.56 Å². The Bertz CT molecular complexity index is 567. The van der Waals surface area contributed by atoms with Gasteiger partial charge in [-0.15, -0.1) is 0 Å². The Balaban J connectivity index is 2.42. The monoisotopic (exact) mass is 207 g/mol. The van der Waals surface area contributed by atoms with Crippen molar-refractivity contribution in [1.29, 1.82) is 0 Å². The van der Waals surface area contributed by atoms with Crippen molar-refractivity contribution in [2.75, 3.05) is 0 Å². The Labute approximate surface area is 84.0 Å². The number of oxime groups is 1. The number of amidine groups is 1. The molecular formula is C9H9N3O3. The van der Waals surface area contributed by atoms with Crippen molar-refractivity contribution >= 4 is 16.9 Å². The van der Waals surface area contributed by atoms with Crippen LogP contribution >= 0.6 is 0 Å². The summed E-state index contributed by atoms with van der Waals surface area (Å²) in [5, 5.41) is 11.3. The van der Waals surface area contributed by atoms with Crippen LogP contribution in [0.5, 0.6) is 0 Å². The molecule has 0 fully saturated rings. The van der Waals surface area contributed by atoms with E-state index in [4.69, 9.17) is 15.4 Å². The molecule has 0 spiro atoms. The van der Waals surface area contributed by atoms with Crippen LogP contribution in [0.1, 0.15) is 5.56 Å². The Morgan fingerprint density at radius 2 is 2.40 bits per heavy atom. The van der Waals surface area contributed by atoms with Gasteiger partial charge in [-0.3, -0.25) is 4.98 Å². The number of benzene rings is 1. The summed E-state index contributed by atoms with van der Waals surface area (Å²) in [6.45, 7) is 0. The zero-order valence-corrected chi connectivity index (χ0v) is 7.73. The smallest absolute Gasteiger partial charge is 0.409 e. The summed E-state index contributed by atoms with van der Waals surface area (Å²) >= 11 is 0. The van der Waals surface area contributed by atoms with Gasteiger partial charge in [0.1, 0.15) is 5.84 Å². The lowest BCUT2D eigenvalue weighted by Gasteiger charge is -1.98. The molecule has 78 valence electrons. The third-order valence-electron chi connectivity index (χ3n) is 2.00. The second kappa shape index (κ2) is 3.49. The van der Waals surface area contributed by atoms with Gasteiger partial charge in [0.15, 0.2) is 5.58 Å². The number of nitrogens with zero attached hydrogens (tertiary/aromatic N) is 1. The molecule has 15 heavy (non-hydrogen) atoms. The van der Waals surface area contributed by atoms with E-state index in [1.807, 2.05) is 0 Å². The minimum Gasteiger partial charge on any atom is -0.409 e. The summed E-state index contributed by atoms with van der Waals surface area (Å²) in [6.07, 6.45) is 0.319. The van der Waals surface area contributed by atoms with Crippen LogP contribution in [-0.4, -0.2) is 16.0 Å². The van der Waals surface area contributed by atoms with Crippen molar-refractivity contribution in [2.45, 2.75) is 6.42 Å². The van der Waals surface area contributed by atoms with E-state index in [9.17, 15) is 4.79 Å². The van der Waals surface area contributed by atoms with E-state index in [2.05, 4.69) is 10.1 Å². The summed E-state index contributed by atoms with van der Waals surface area (Å²) in [7, 11) is 0. The predicted molar refractivity (Wildman–Crippen MR) is 53.9 cm³/mol. The predicted octanol–water partition coefficient (Wildman–Crippen LogP) is 0.410. The number of nitrogens with two attached hydrogens (primary N) is 1. The van der Waals surface area contributed by atoms with Crippen LogP contribution in [-0.2, 0) is 6.42 Å². The highest BCUT2D eigenvalue weighted by molar-refractivity contribution is 5.83. The number of hydrogen-bond donors (Lipinski definition) is 3. The van der Waals surface area contributed by atoms with Gasteiger partial charge in [-0.25, -0.2) is 4.79 Å². The highest BCUT2D eigenvalue weighted by Gasteiger charge is 2.03. The molecule has 0 bridgehead atoms. The van der Waals surface area contributed by atoms with Crippen LogP contribution in [0.2, 0.25) is 0 Å². The quantitative estimate of drug-likeness (QED) is 0.287. The minimum atomic E-state index is -0.494. The largest absolute Gasteiger partial charge is 0.417 e. The molecule has 6 heteroatoms. The van der Waals surface area contributed by atoms with Crippen molar-refractivity contribution in [2.24, 2.45) is 10.9 Å².